The molecule has 0 bridgehead atoms. The SMILES string of the molecule is CC[NH+]1CCN(C(=O)c2cc(S(=O)(=O)Nc3ccc(OC)cc3)ccc2C)CC1. The second-order valence-corrected chi connectivity index (χ2v) is 8.89. The summed E-state index contributed by atoms with van der Waals surface area (Å²) in [5.41, 5.74) is 1.63. The number of nitrogens with one attached hydrogen (secondary N) is 2. The number of amides is 1. The summed E-state index contributed by atoms with van der Waals surface area (Å²) < 4.78 is 33.3. The zero-order valence-electron chi connectivity index (χ0n) is 17.1. The van der Waals surface area contributed by atoms with E-state index in [1.54, 1.807) is 37.4 Å². The largest absolute Gasteiger partial charge is 0.497 e. The number of methoxy groups -OCH3 is 1. The van der Waals surface area contributed by atoms with Crippen molar-refractivity contribution in [2.45, 2.75) is 18.7 Å². The lowest BCUT2D eigenvalue weighted by atomic mass is 10.1. The second kappa shape index (κ2) is 8.84. The maximum absolute atomic E-state index is 13.0. The first kappa shape index (κ1) is 21.1. The van der Waals surface area contributed by atoms with Crippen LogP contribution in [0.1, 0.15) is 22.8 Å². The van der Waals surface area contributed by atoms with Gasteiger partial charge in [-0.05, 0) is 55.8 Å². The van der Waals surface area contributed by atoms with Crippen molar-refractivity contribution in [2.75, 3.05) is 44.6 Å². The average Bonchev–Trinajstić information content (AvgIpc) is 2.74. The number of ether oxygens (including phenoxy) is 1. The van der Waals surface area contributed by atoms with Crippen LogP contribution in [0, 0.1) is 6.92 Å². The first-order valence-corrected chi connectivity index (χ1v) is 11.2. The number of hydrogen-bond donors (Lipinski definition) is 2. The molecule has 2 N–H and O–H groups in total. The van der Waals surface area contributed by atoms with E-state index >= 15 is 0 Å². The number of piperazine rings is 1. The summed E-state index contributed by atoms with van der Waals surface area (Å²) in [4.78, 5) is 16.4. The predicted octanol–water partition coefficient (Wildman–Crippen LogP) is 1.17. The minimum Gasteiger partial charge on any atom is -0.497 e. The molecule has 1 aliphatic heterocycles. The Bertz CT molecular complexity index is 966. The first-order chi connectivity index (χ1) is 13.8. The van der Waals surface area contributed by atoms with Gasteiger partial charge in [-0.2, -0.15) is 0 Å². The first-order valence-electron chi connectivity index (χ1n) is 9.74. The monoisotopic (exact) mass is 418 g/mol. The van der Waals surface area contributed by atoms with Crippen LogP contribution in [0.5, 0.6) is 5.75 Å². The predicted molar refractivity (Wildman–Crippen MR) is 112 cm³/mol. The molecule has 29 heavy (non-hydrogen) atoms. The number of benzene rings is 2. The van der Waals surface area contributed by atoms with E-state index in [0.29, 0.717) is 30.1 Å². The van der Waals surface area contributed by atoms with Crippen LogP contribution < -0.4 is 14.4 Å². The van der Waals surface area contributed by atoms with Crippen molar-refractivity contribution in [3.63, 3.8) is 0 Å². The van der Waals surface area contributed by atoms with Crippen LogP contribution in [0.3, 0.4) is 0 Å². The lowest BCUT2D eigenvalue weighted by Gasteiger charge is -2.32. The molecule has 0 spiro atoms. The molecular weight excluding hydrogens is 390 g/mol. The molecule has 2 aromatic rings. The summed E-state index contributed by atoms with van der Waals surface area (Å²) in [5, 5.41) is 0. The van der Waals surface area contributed by atoms with E-state index in [0.717, 1.165) is 25.2 Å². The van der Waals surface area contributed by atoms with Gasteiger partial charge in [-0.3, -0.25) is 9.52 Å². The van der Waals surface area contributed by atoms with Crippen LogP contribution in [-0.4, -0.2) is 59.1 Å². The molecule has 3 rings (SSSR count). The zero-order valence-corrected chi connectivity index (χ0v) is 17.9. The highest BCUT2D eigenvalue weighted by atomic mass is 32.2. The normalized spacial score (nSPS) is 15.2. The van der Waals surface area contributed by atoms with Crippen LogP contribution in [0.25, 0.3) is 0 Å². The molecule has 1 fully saturated rings. The Balaban J connectivity index is 1.80. The van der Waals surface area contributed by atoms with E-state index in [2.05, 4.69) is 11.6 Å². The van der Waals surface area contributed by atoms with Crippen molar-refractivity contribution in [2.24, 2.45) is 0 Å². The molecule has 0 atom stereocenters. The van der Waals surface area contributed by atoms with Gasteiger partial charge in [-0.1, -0.05) is 6.07 Å². The fraction of sp³-hybridized carbons (Fsp3) is 0.381. The highest BCUT2D eigenvalue weighted by molar-refractivity contribution is 7.92. The Kier molecular flexibility index (Phi) is 6.44. The Morgan fingerprint density at radius 1 is 1.14 bits per heavy atom. The van der Waals surface area contributed by atoms with Crippen molar-refractivity contribution in [1.29, 1.82) is 0 Å². The van der Waals surface area contributed by atoms with Crippen molar-refractivity contribution in [3.05, 3.63) is 53.6 Å². The number of likely N-dealkylation sites (N-methyl/N-ethyl adjacent to an activating group) is 1. The summed E-state index contributed by atoms with van der Waals surface area (Å²) >= 11 is 0. The number of aryl methyl sites for hydroxylation is 1. The second-order valence-electron chi connectivity index (χ2n) is 7.21. The molecule has 7 nitrogen and oxygen atoms in total. The van der Waals surface area contributed by atoms with Gasteiger partial charge in [0.15, 0.2) is 0 Å². The summed E-state index contributed by atoms with van der Waals surface area (Å²) in [6.07, 6.45) is 0. The fourth-order valence-electron chi connectivity index (χ4n) is 3.42. The topological polar surface area (TPSA) is 80.2 Å². The molecule has 0 unspecified atom stereocenters. The van der Waals surface area contributed by atoms with Crippen LogP contribution in [0.2, 0.25) is 0 Å². The van der Waals surface area contributed by atoms with E-state index in [4.69, 9.17) is 4.74 Å². The number of carbonyl (C=O) groups is 1. The molecule has 8 heteroatoms. The van der Waals surface area contributed by atoms with E-state index in [1.165, 1.54) is 17.0 Å². The third-order valence-electron chi connectivity index (χ3n) is 5.35. The number of carbonyl (C=O) groups excluding carboxylic acids is 1. The Morgan fingerprint density at radius 2 is 1.79 bits per heavy atom. The molecule has 2 aromatic carbocycles. The molecule has 1 amide bonds. The van der Waals surface area contributed by atoms with Gasteiger partial charge >= 0.3 is 0 Å². The quantitative estimate of drug-likeness (QED) is 0.738. The number of rotatable bonds is 6. The third kappa shape index (κ3) is 4.89. The molecule has 0 aromatic heterocycles. The van der Waals surface area contributed by atoms with Gasteiger partial charge in [0.25, 0.3) is 15.9 Å². The minimum absolute atomic E-state index is 0.0695. The van der Waals surface area contributed by atoms with Gasteiger partial charge in [0, 0.05) is 11.3 Å². The smallest absolute Gasteiger partial charge is 0.261 e. The third-order valence-corrected chi connectivity index (χ3v) is 6.73. The van der Waals surface area contributed by atoms with E-state index < -0.39 is 10.0 Å². The summed E-state index contributed by atoms with van der Waals surface area (Å²) in [5.74, 6) is 0.528. The molecule has 1 heterocycles. The zero-order chi connectivity index (χ0) is 21.0. The number of hydrogen-bond acceptors (Lipinski definition) is 4. The average molecular weight is 419 g/mol. The number of anilines is 1. The Labute approximate surface area is 172 Å². The maximum Gasteiger partial charge on any atom is 0.261 e. The highest BCUT2D eigenvalue weighted by Crippen LogP contribution is 2.22. The van der Waals surface area contributed by atoms with Crippen molar-refractivity contribution < 1.29 is 22.8 Å². The van der Waals surface area contributed by atoms with E-state index in [1.807, 2.05) is 11.8 Å². The molecule has 0 radical (unpaired) electrons. The Hall–Kier alpha value is -2.58. The van der Waals surface area contributed by atoms with Gasteiger partial charge < -0.3 is 14.5 Å². The summed E-state index contributed by atoms with van der Waals surface area (Å²) in [6, 6.07) is 11.3. The van der Waals surface area contributed by atoms with Crippen molar-refractivity contribution in [1.82, 2.24) is 4.90 Å². The molecule has 156 valence electrons. The fourth-order valence-corrected chi connectivity index (χ4v) is 4.51. The highest BCUT2D eigenvalue weighted by Gasteiger charge is 2.26. The van der Waals surface area contributed by atoms with Gasteiger partial charge in [0.05, 0.1) is 44.7 Å². The minimum atomic E-state index is -3.81. The lowest BCUT2D eigenvalue weighted by Crippen LogP contribution is -3.14. The summed E-state index contributed by atoms with van der Waals surface area (Å²) in [7, 11) is -2.27. The van der Waals surface area contributed by atoms with Crippen LogP contribution in [0.4, 0.5) is 5.69 Å². The van der Waals surface area contributed by atoms with Crippen molar-refractivity contribution >= 4 is 21.6 Å². The molecule has 0 aliphatic carbocycles. The van der Waals surface area contributed by atoms with E-state index in [9.17, 15) is 13.2 Å². The number of sulfonamides is 1. The standard InChI is InChI=1S/C21H27N3O4S/c1-4-23-11-13-24(14-12-23)21(25)20-15-19(10-5-16(20)2)29(26,27)22-17-6-8-18(28-3)9-7-17/h5-10,15,22H,4,11-14H2,1-3H3/p+1. The van der Waals surface area contributed by atoms with Crippen LogP contribution >= 0.6 is 0 Å². The van der Waals surface area contributed by atoms with E-state index in [-0.39, 0.29) is 10.8 Å². The van der Waals surface area contributed by atoms with Gasteiger partial charge in [-0.25, -0.2) is 8.42 Å². The van der Waals surface area contributed by atoms with Crippen LogP contribution in [-0.2, 0) is 10.0 Å². The number of nitrogens with zero attached hydrogens (tertiary/aromatic N) is 1. The lowest BCUT2D eigenvalue weighted by molar-refractivity contribution is -0.902. The molecule has 1 saturated heterocycles. The van der Waals surface area contributed by atoms with Gasteiger partial charge in [0.1, 0.15) is 5.75 Å². The van der Waals surface area contributed by atoms with Crippen LogP contribution in [0.15, 0.2) is 47.4 Å². The number of quaternary nitrogens is 1. The van der Waals surface area contributed by atoms with Gasteiger partial charge in [-0.15, -0.1) is 0 Å². The molecule has 0 saturated carbocycles. The maximum atomic E-state index is 13.0. The summed E-state index contributed by atoms with van der Waals surface area (Å²) in [6.45, 7) is 8.21. The van der Waals surface area contributed by atoms with Gasteiger partial charge in [0.2, 0.25) is 0 Å². The molecule has 1 aliphatic rings. The Morgan fingerprint density at radius 3 is 2.38 bits per heavy atom. The van der Waals surface area contributed by atoms with Crippen molar-refractivity contribution in [3.8, 4) is 5.75 Å². The molecular formula is C21H28N3O4S+.